The Hall–Kier alpha value is -3.98. The minimum Gasteiger partial charge on any atom is -0.503 e. The number of anilines is 1. The Morgan fingerprint density at radius 2 is 1.97 bits per heavy atom. The molecule has 1 atom stereocenters. The summed E-state index contributed by atoms with van der Waals surface area (Å²) in [5, 5.41) is 11.8. The predicted molar refractivity (Wildman–Crippen MR) is 125 cm³/mol. The molecule has 7 nitrogen and oxygen atoms in total. The molecule has 0 fully saturated rings. The van der Waals surface area contributed by atoms with Crippen molar-refractivity contribution < 1.29 is 28.2 Å². The standard InChI is InChI=1S/C25H19FN2O5S/c1-12-13(2)34-25(27-12)28-20(14-6-4-8-16(26)10-14)19(22(30)24(28)31)21(29)18-11-15-7-5-9-17(32-3)23(15)33-18/h4-11,20,30H,1-3H3. The molecule has 0 saturated carbocycles. The van der Waals surface area contributed by atoms with Crippen LogP contribution in [0.2, 0.25) is 0 Å². The number of Topliss-reactive ketones (excluding diaryl/α,β-unsaturated/α-hetero) is 1. The molecule has 1 aliphatic rings. The van der Waals surface area contributed by atoms with E-state index in [2.05, 4.69) is 4.98 Å². The molecule has 172 valence electrons. The summed E-state index contributed by atoms with van der Waals surface area (Å²) in [5.41, 5.74) is 1.19. The monoisotopic (exact) mass is 478 g/mol. The van der Waals surface area contributed by atoms with Gasteiger partial charge in [0, 0.05) is 10.3 Å². The number of ether oxygens (including phenoxy) is 1. The minimum absolute atomic E-state index is 0.0800. The molecule has 0 aliphatic carbocycles. The van der Waals surface area contributed by atoms with Crippen molar-refractivity contribution in [3.63, 3.8) is 0 Å². The van der Waals surface area contributed by atoms with Gasteiger partial charge < -0.3 is 14.3 Å². The summed E-state index contributed by atoms with van der Waals surface area (Å²) >= 11 is 1.25. The molecule has 5 rings (SSSR count). The molecule has 9 heteroatoms. The average Bonchev–Trinajstić information content (AvgIpc) is 3.47. The van der Waals surface area contributed by atoms with Gasteiger partial charge in [-0.2, -0.15) is 0 Å². The van der Waals surface area contributed by atoms with E-state index in [-0.39, 0.29) is 11.3 Å². The Labute approximate surface area is 197 Å². The number of aliphatic hydroxyl groups excluding tert-OH is 1. The molecule has 0 spiro atoms. The van der Waals surface area contributed by atoms with Gasteiger partial charge in [0.25, 0.3) is 5.91 Å². The maximum Gasteiger partial charge on any atom is 0.296 e. The van der Waals surface area contributed by atoms with Crippen LogP contribution in [-0.2, 0) is 4.79 Å². The molecule has 2 aromatic heterocycles. The molecule has 1 N–H and O–H groups in total. The average molecular weight is 479 g/mol. The van der Waals surface area contributed by atoms with E-state index in [1.807, 2.05) is 6.92 Å². The van der Waals surface area contributed by atoms with Gasteiger partial charge in [-0.1, -0.05) is 24.3 Å². The summed E-state index contributed by atoms with van der Waals surface area (Å²) in [5.74, 6) is -2.39. The molecular formula is C25H19FN2O5S. The van der Waals surface area contributed by atoms with Gasteiger partial charge in [-0.05, 0) is 43.7 Å². The fourth-order valence-corrected chi connectivity index (χ4v) is 4.96. The Bertz CT molecular complexity index is 1480. The molecule has 34 heavy (non-hydrogen) atoms. The number of thiazole rings is 1. The van der Waals surface area contributed by atoms with Gasteiger partial charge in [-0.3, -0.25) is 14.5 Å². The predicted octanol–water partition coefficient (Wildman–Crippen LogP) is 5.44. The second-order valence-corrected chi connectivity index (χ2v) is 9.03. The second kappa shape index (κ2) is 8.11. The van der Waals surface area contributed by atoms with Crippen LogP contribution >= 0.6 is 11.3 Å². The van der Waals surface area contributed by atoms with Crippen LogP contribution in [0.5, 0.6) is 5.75 Å². The van der Waals surface area contributed by atoms with E-state index in [1.54, 1.807) is 31.2 Å². The third-order valence-corrected chi connectivity index (χ3v) is 6.86. The first-order valence-corrected chi connectivity index (χ1v) is 11.2. The zero-order valence-electron chi connectivity index (χ0n) is 18.5. The number of furan rings is 1. The number of methoxy groups -OCH3 is 1. The fourth-order valence-electron chi connectivity index (χ4n) is 4.03. The van der Waals surface area contributed by atoms with Gasteiger partial charge in [0.1, 0.15) is 5.82 Å². The third-order valence-electron chi connectivity index (χ3n) is 5.79. The van der Waals surface area contributed by atoms with Crippen molar-refractivity contribution in [2.24, 2.45) is 0 Å². The van der Waals surface area contributed by atoms with Gasteiger partial charge in [0.15, 0.2) is 28.0 Å². The van der Waals surface area contributed by atoms with Crippen molar-refractivity contribution in [3.8, 4) is 5.75 Å². The number of nitrogens with zero attached hydrogens (tertiary/aromatic N) is 2. The van der Waals surface area contributed by atoms with Gasteiger partial charge in [0.05, 0.1) is 24.4 Å². The van der Waals surface area contributed by atoms with Gasteiger partial charge >= 0.3 is 0 Å². The number of carbonyl (C=O) groups excluding carboxylic acids is 2. The number of amides is 1. The van der Waals surface area contributed by atoms with Crippen LogP contribution < -0.4 is 9.64 Å². The smallest absolute Gasteiger partial charge is 0.296 e. The Morgan fingerprint density at radius 1 is 1.21 bits per heavy atom. The van der Waals surface area contributed by atoms with Crippen molar-refractivity contribution in [2.75, 3.05) is 12.0 Å². The van der Waals surface area contributed by atoms with Crippen molar-refractivity contribution in [1.82, 2.24) is 4.98 Å². The number of hydrogen-bond acceptors (Lipinski definition) is 7. The Morgan fingerprint density at radius 3 is 2.65 bits per heavy atom. The molecule has 0 bridgehead atoms. The van der Waals surface area contributed by atoms with Crippen LogP contribution in [0, 0.1) is 19.7 Å². The van der Waals surface area contributed by atoms with E-state index in [0.29, 0.717) is 27.4 Å². The van der Waals surface area contributed by atoms with Crippen molar-refractivity contribution in [2.45, 2.75) is 19.9 Å². The third kappa shape index (κ3) is 3.36. The normalized spacial score (nSPS) is 16.1. The zero-order chi connectivity index (χ0) is 24.1. The summed E-state index contributed by atoms with van der Waals surface area (Å²) in [7, 11) is 1.48. The number of aromatic nitrogens is 1. The van der Waals surface area contributed by atoms with E-state index in [0.717, 1.165) is 10.6 Å². The van der Waals surface area contributed by atoms with Crippen LogP contribution in [0.3, 0.4) is 0 Å². The summed E-state index contributed by atoms with van der Waals surface area (Å²) in [6, 6.07) is 11.2. The lowest BCUT2D eigenvalue weighted by molar-refractivity contribution is -0.117. The highest BCUT2D eigenvalue weighted by Gasteiger charge is 2.46. The molecule has 4 aromatic rings. The molecule has 1 amide bonds. The molecule has 0 saturated heterocycles. The lowest BCUT2D eigenvalue weighted by Crippen LogP contribution is -2.31. The van der Waals surface area contributed by atoms with Crippen LogP contribution in [0.15, 0.2) is 64.3 Å². The number of carbonyl (C=O) groups is 2. The minimum atomic E-state index is -1.09. The van der Waals surface area contributed by atoms with Crippen LogP contribution in [0.1, 0.15) is 32.7 Å². The van der Waals surface area contributed by atoms with Gasteiger partial charge in [-0.15, -0.1) is 11.3 Å². The van der Waals surface area contributed by atoms with Crippen molar-refractivity contribution in [3.05, 3.63) is 87.6 Å². The highest BCUT2D eigenvalue weighted by Crippen LogP contribution is 2.44. The molecule has 2 aromatic carbocycles. The number of aliphatic hydroxyl groups is 1. The van der Waals surface area contributed by atoms with E-state index in [9.17, 15) is 19.1 Å². The molecule has 0 radical (unpaired) electrons. The van der Waals surface area contributed by atoms with E-state index < -0.39 is 29.3 Å². The second-order valence-electron chi connectivity index (χ2n) is 7.85. The van der Waals surface area contributed by atoms with Crippen molar-refractivity contribution in [1.29, 1.82) is 0 Å². The molecule has 3 heterocycles. The van der Waals surface area contributed by atoms with Crippen LogP contribution in [0.4, 0.5) is 9.52 Å². The summed E-state index contributed by atoms with van der Waals surface area (Å²) < 4.78 is 25.3. The van der Waals surface area contributed by atoms with Crippen LogP contribution in [-0.4, -0.2) is 28.9 Å². The first-order valence-electron chi connectivity index (χ1n) is 10.4. The number of halogens is 1. The van der Waals surface area contributed by atoms with Gasteiger partial charge in [0.2, 0.25) is 5.78 Å². The number of para-hydroxylation sites is 1. The Kier molecular flexibility index (Phi) is 5.21. The molecular weight excluding hydrogens is 459 g/mol. The van der Waals surface area contributed by atoms with E-state index in [1.165, 1.54) is 47.6 Å². The molecule has 1 aliphatic heterocycles. The number of hydrogen-bond donors (Lipinski definition) is 1. The SMILES string of the molecule is COc1cccc2cc(C(=O)C3=C(O)C(=O)N(c4nc(C)c(C)s4)C3c3cccc(F)c3)oc12. The van der Waals surface area contributed by atoms with Crippen molar-refractivity contribution >= 4 is 39.1 Å². The summed E-state index contributed by atoms with van der Waals surface area (Å²) in [4.78, 5) is 33.4. The lowest BCUT2D eigenvalue weighted by Gasteiger charge is -2.24. The first kappa shape index (κ1) is 21.8. The van der Waals surface area contributed by atoms with Crippen LogP contribution in [0.25, 0.3) is 11.0 Å². The van der Waals surface area contributed by atoms with E-state index in [4.69, 9.17) is 9.15 Å². The number of ketones is 1. The number of benzene rings is 2. The number of aryl methyl sites for hydroxylation is 2. The number of rotatable bonds is 5. The highest BCUT2D eigenvalue weighted by molar-refractivity contribution is 7.15. The highest BCUT2D eigenvalue weighted by atomic mass is 32.1. The summed E-state index contributed by atoms with van der Waals surface area (Å²) in [6.45, 7) is 3.66. The maximum atomic E-state index is 14.2. The quantitative estimate of drug-likeness (QED) is 0.384. The summed E-state index contributed by atoms with van der Waals surface area (Å²) in [6.07, 6.45) is 0. The Balaban J connectivity index is 1.67. The topological polar surface area (TPSA) is 92.9 Å². The maximum absolute atomic E-state index is 14.2. The van der Waals surface area contributed by atoms with Gasteiger partial charge in [-0.25, -0.2) is 9.37 Å². The lowest BCUT2D eigenvalue weighted by atomic mass is 9.95. The molecule has 1 unspecified atom stereocenters. The zero-order valence-corrected chi connectivity index (χ0v) is 19.3. The number of fused-ring (bicyclic) bond motifs is 1. The fraction of sp³-hybridized carbons (Fsp3) is 0.160. The first-order chi connectivity index (χ1) is 16.3. The largest absolute Gasteiger partial charge is 0.503 e. The van der Waals surface area contributed by atoms with E-state index >= 15 is 0 Å².